The summed E-state index contributed by atoms with van der Waals surface area (Å²) in [7, 11) is 0. The van der Waals surface area contributed by atoms with Crippen LogP contribution in [0.3, 0.4) is 0 Å². The molecule has 0 bridgehead atoms. The molecule has 0 fully saturated rings. The Morgan fingerprint density at radius 1 is 1.19 bits per heavy atom. The topological polar surface area (TPSA) is 38.7 Å². The molecular weight excluding hydrogens is 218 g/mol. The third-order valence-corrected chi connectivity index (χ3v) is 3.43. The lowest BCUT2D eigenvalue weighted by molar-refractivity contribution is 0.837. The van der Waals surface area contributed by atoms with Crippen molar-refractivity contribution in [2.75, 3.05) is 0 Å². The van der Waals surface area contributed by atoms with Crippen LogP contribution < -0.4 is 0 Å². The van der Waals surface area contributed by atoms with Crippen molar-refractivity contribution >= 4 is 32.6 Å². The first-order valence-corrected chi connectivity index (χ1v) is 6.13. The fourth-order valence-electron chi connectivity index (χ4n) is 1.84. The van der Waals surface area contributed by atoms with Crippen LogP contribution >= 0.6 is 11.3 Å². The summed E-state index contributed by atoms with van der Waals surface area (Å²) < 4.78 is 1.15. The van der Waals surface area contributed by atoms with Gasteiger partial charge in [-0.25, -0.2) is 9.97 Å². The van der Waals surface area contributed by atoms with E-state index < -0.39 is 0 Å². The van der Waals surface area contributed by atoms with E-state index in [0.717, 1.165) is 26.9 Å². The van der Waals surface area contributed by atoms with E-state index in [9.17, 15) is 0 Å². The van der Waals surface area contributed by atoms with Crippen LogP contribution in [-0.4, -0.2) is 15.0 Å². The highest BCUT2D eigenvalue weighted by atomic mass is 32.1. The van der Waals surface area contributed by atoms with Gasteiger partial charge >= 0.3 is 0 Å². The fourth-order valence-corrected chi connectivity index (χ4v) is 2.65. The summed E-state index contributed by atoms with van der Waals surface area (Å²) in [6.45, 7) is 4.28. The molecule has 0 saturated carbocycles. The summed E-state index contributed by atoms with van der Waals surface area (Å²) >= 11 is 1.63. The molecule has 0 spiro atoms. The second-order valence-corrected chi connectivity index (χ2v) is 4.91. The number of hydrogen-bond acceptors (Lipinski definition) is 4. The zero-order valence-corrected chi connectivity index (χ0v) is 9.95. The number of pyridine rings is 2. The number of nitrogens with zero attached hydrogens (tertiary/aromatic N) is 3. The van der Waals surface area contributed by atoms with Crippen molar-refractivity contribution in [1.82, 2.24) is 15.0 Å². The largest absolute Gasteiger partial charge is 0.253 e. The first-order chi connectivity index (χ1) is 7.77. The number of fused-ring (bicyclic) bond motifs is 3. The Hall–Kier alpha value is -1.55. The molecule has 0 unspecified atom stereocenters. The van der Waals surface area contributed by atoms with Gasteiger partial charge in [0.05, 0.1) is 21.4 Å². The van der Waals surface area contributed by atoms with E-state index in [1.54, 1.807) is 17.5 Å². The van der Waals surface area contributed by atoms with E-state index >= 15 is 0 Å². The van der Waals surface area contributed by atoms with Gasteiger partial charge in [0.1, 0.15) is 11.0 Å². The van der Waals surface area contributed by atoms with Gasteiger partial charge in [0.2, 0.25) is 0 Å². The van der Waals surface area contributed by atoms with Gasteiger partial charge < -0.3 is 0 Å². The Morgan fingerprint density at radius 3 is 2.88 bits per heavy atom. The van der Waals surface area contributed by atoms with Crippen LogP contribution in [0, 0.1) is 0 Å². The van der Waals surface area contributed by atoms with Crippen LogP contribution in [0.2, 0.25) is 0 Å². The van der Waals surface area contributed by atoms with E-state index in [1.807, 2.05) is 17.6 Å². The first kappa shape index (κ1) is 9.66. The molecule has 0 aromatic carbocycles. The van der Waals surface area contributed by atoms with Crippen LogP contribution in [0.15, 0.2) is 23.8 Å². The predicted molar refractivity (Wildman–Crippen MR) is 66.8 cm³/mol. The minimum Gasteiger partial charge on any atom is -0.253 e. The zero-order chi connectivity index (χ0) is 11.1. The van der Waals surface area contributed by atoms with Crippen molar-refractivity contribution in [1.29, 1.82) is 0 Å². The molecule has 0 saturated heterocycles. The van der Waals surface area contributed by atoms with E-state index in [2.05, 4.69) is 28.8 Å². The highest BCUT2D eigenvalue weighted by Crippen LogP contribution is 2.30. The quantitative estimate of drug-likeness (QED) is 0.642. The summed E-state index contributed by atoms with van der Waals surface area (Å²) in [5, 5.41) is 0. The van der Waals surface area contributed by atoms with Crippen molar-refractivity contribution in [2.24, 2.45) is 0 Å². The maximum absolute atomic E-state index is 4.66. The van der Waals surface area contributed by atoms with Crippen molar-refractivity contribution < 1.29 is 0 Å². The minimum absolute atomic E-state index is 0.384. The summed E-state index contributed by atoms with van der Waals surface area (Å²) in [6, 6.07) is 3.93. The van der Waals surface area contributed by atoms with Crippen molar-refractivity contribution in [3.8, 4) is 0 Å². The number of hydrogen-bond donors (Lipinski definition) is 0. The molecule has 0 amide bonds. The maximum Gasteiger partial charge on any atom is 0.108 e. The molecular formula is C12H11N3S. The highest BCUT2D eigenvalue weighted by molar-refractivity contribution is 7.17. The molecule has 0 aliphatic heterocycles. The lowest BCUT2D eigenvalue weighted by Gasteiger charge is -2.07. The minimum atomic E-state index is 0.384. The molecule has 0 atom stereocenters. The number of aromatic nitrogens is 3. The Balaban J connectivity index is 2.53. The van der Waals surface area contributed by atoms with E-state index in [4.69, 9.17) is 0 Å². The molecule has 0 N–H and O–H groups in total. The average molecular weight is 229 g/mol. The third-order valence-electron chi connectivity index (χ3n) is 2.60. The van der Waals surface area contributed by atoms with Crippen LogP contribution in [0.25, 0.3) is 21.3 Å². The van der Waals surface area contributed by atoms with Crippen LogP contribution in [0.5, 0.6) is 0 Å². The summed E-state index contributed by atoms with van der Waals surface area (Å²) in [5.41, 5.74) is 5.86. The smallest absolute Gasteiger partial charge is 0.108 e. The van der Waals surface area contributed by atoms with Gasteiger partial charge in [-0.1, -0.05) is 13.8 Å². The molecule has 3 rings (SSSR count). The van der Waals surface area contributed by atoms with Gasteiger partial charge in [-0.3, -0.25) is 4.98 Å². The zero-order valence-electron chi connectivity index (χ0n) is 9.14. The maximum atomic E-state index is 4.66. The average Bonchev–Trinajstić information content (AvgIpc) is 2.76. The van der Waals surface area contributed by atoms with Crippen molar-refractivity contribution in [2.45, 2.75) is 19.8 Å². The Bertz CT molecular complexity index is 657. The fraction of sp³-hybridized carbons (Fsp3) is 0.250. The predicted octanol–water partition coefficient (Wildman–Crippen LogP) is 3.36. The molecule has 0 aliphatic rings. The van der Waals surface area contributed by atoms with Gasteiger partial charge in [0, 0.05) is 6.20 Å². The van der Waals surface area contributed by atoms with Gasteiger partial charge in [0.15, 0.2) is 0 Å². The SMILES string of the molecule is CC(C)c1nc2cccnc2c2scnc12. The van der Waals surface area contributed by atoms with Crippen LogP contribution in [0.1, 0.15) is 25.5 Å². The Labute approximate surface area is 97.2 Å². The van der Waals surface area contributed by atoms with E-state index in [1.165, 1.54) is 0 Å². The monoisotopic (exact) mass is 229 g/mol. The summed E-state index contributed by atoms with van der Waals surface area (Å²) in [5.74, 6) is 0.384. The normalized spacial score (nSPS) is 11.7. The Kier molecular flexibility index (Phi) is 2.11. The highest BCUT2D eigenvalue weighted by Gasteiger charge is 2.13. The number of thiazole rings is 1. The van der Waals surface area contributed by atoms with Gasteiger partial charge in [-0.15, -0.1) is 11.3 Å². The molecule has 0 radical (unpaired) electrons. The molecule has 0 aliphatic carbocycles. The van der Waals surface area contributed by atoms with E-state index in [0.29, 0.717) is 5.92 Å². The molecule has 3 nitrogen and oxygen atoms in total. The lowest BCUT2D eigenvalue weighted by Crippen LogP contribution is -1.95. The molecule has 80 valence electrons. The molecule has 3 aromatic rings. The van der Waals surface area contributed by atoms with Crippen LogP contribution in [-0.2, 0) is 0 Å². The van der Waals surface area contributed by atoms with E-state index in [-0.39, 0.29) is 0 Å². The van der Waals surface area contributed by atoms with Crippen molar-refractivity contribution in [3.63, 3.8) is 0 Å². The van der Waals surface area contributed by atoms with Gasteiger partial charge in [-0.05, 0) is 18.1 Å². The lowest BCUT2D eigenvalue weighted by atomic mass is 10.1. The first-order valence-electron chi connectivity index (χ1n) is 5.25. The second-order valence-electron chi connectivity index (χ2n) is 4.05. The van der Waals surface area contributed by atoms with Gasteiger partial charge in [0.25, 0.3) is 0 Å². The summed E-state index contributed by atoms with van der Waals surface area (Å²) in [6.07, 6.45) is 1.80. The summed E-state index contributed by atoms with van der Waals surface area (Å²) in [4.78, 5) is 13.5. The second kappa shape index (κ2) is 3.49. The Morgan fingerprint density at radius 2 is 2.06 bits per heavy atom. The molecule has 3 aromatic heterocycles. The molecule has 3 heterocycles. The van der Waals surface area contributed by atoms with Crippen LogP contribution in [0.4, 0.5) is 0 Å². The molecule has 4 heteroatoms. The third kappa shape index (κ3) is 1.30. The molecule has 16 heavy (non-hydrogen) atoms. The van der Waals surface area contributed by atoms with Gasteiger partial charge in [-0.2, -0.15) is 0 Å². The standard InChI is InChI=1S/C12H11N3S/c1-7(2)9-11-12(16-6-14-11)10-8(15-9)4-3-5-13-10/h3-7H,1-2H3. The number of rotatable bonds is 1. The van der Waals surface area contributed by atoms with Crippen molar-refractivity contribution in [3.05, 3.63) is 29.5 Å².